The Labute approximate surface area is 177 Å². The zero-order valence-corrected chi connectivity index (χ0v) is 17.2. The molecule has 0 aromatic heterocycles. The average Bonchev–Trinajstić information content (AvgIpc) is 2.75. The van der Waals surface area contributed by atoms with Crippen LogP contribution in [0.15, 0.2) is 60.7 Å². The molecule has 1 fully saturated rings. The molecule has 1 heterocycles. The summed E-state index contributed by atoms with van der Waals surface area (Å²) in [6.07, 6.45) is 0.109. The zero-order valence-electron chi connectivity index (χ0n) is 17.2. The van der Waals surface area contributed by atoms with Crippen LogP contribution in [0.1, 0.15) is 11.1 Å². The molecule has 2 aromatic carbocycles. The summed E-state index contributed by atoms with van der Waals surface area (Å²) in [6, 6.07) is 19.1. The Morgan fingerprint density at radius 3 is 2.00 bits per heavy atom. The second kappa shape index (κ2) is 9.73. The van der Waals surface area contributed by atoms with Crippen LogP contribution < -0.4 is 5.73 Å². The van der Waals surface area contributed by atoms with E-state index in [0.29, 0.717) is 32.5 Å². The lowest BCUT2D eigenvalue weighted by atomic mass is 9.80. The molecule has 1 aliphatic heterocycles. The summed E-state index contributed by atoms with van der Waals surface area (Å²) in [5.74, 6) is -0.394. The first-order valence-electron chi connectivity index (χ1n) is 10.1. The summed E-state index contributed by atoms with van der Waals surface area (Å²) in [7, 11) is 1.35. The molecule has 1 atom stereocenters. The topological polar surface area (TPSA) is 96.1 Å². The van der Waals surface area contributed by atoms with Gasteiger partial charge in [0.25, 0.3) is 0 Å². The van der Waals surface area contributed by atoms with E-state index >= 15 is 0 Å². The quantitative estimate of drug-likeness (QED) is 0.677. The number of nitrogens with zero attached hydrogens (tertiary/aromatic N) is 2. The molecular weight excluding hydrogens is 382 g/mol. The van der Waals surface area contributed by atoms with E-state index in [1.807, 2.05) is 65.6 Å². The minimum atomic E-state index is -0.955. The number of hydrogen-bond donors (Lipinski definition) is 2. The van der Waals surface area contributed by atoms with E-state index in [1.165, 1.54) is 12.0 Å². The fourth-order valence-electron chi connectivity index (χ4n) is 4.42. The summed E-state index contributed by atoms with van der Waals surface area (Å²) in [5, 5.41) is 10.1. The number of piperazine rings is 1. The minimum absolute atomic E-state index is 0.118. The zero-order chi connectivity index (χ0) is 21.6. The van der Waals surface area contributed by atoms with Crippen molar-refractivity contribution in [2.75, 3.05) is 33.3 Å². The number of carbonyl (C=O) groups excluding carboxylic acids is 1. The van der Waals surface area contributed by atoms with Gasteiger partial charge in [-0.1, -0.05) is 60.7 Å². The second-order valence-electron chi connectivity index (χ2n) is 7.73. The van der Waals surface area contributed by atoms with Crippen molar-refractivity contribution in [3.8, 4) is 0 Å². The van der Waals surface area contributed by atoms with E-state index in [0.717, 1.165) is 11.1 Å². The number of amides is 1. The van der Waals surface area contributed by atoms with Gasteiger partial charge in [0.1, 0.15) is 6.04 Å². The van der Waals surface area contributed by atoms with Gasteiger partial charge in [-0.25, -0.2) is 4.79 Å². The highest BCUT2D eigenvalue weighted by molar-refractivity contribution is 5.76. The first-order valence-corrected chi connectivity index (χ1v) is 10.1. The fraction of sp³-hybridized carbons (Fsp3) is 0.391. The number of benzene rings is 2. The molecule has 0 radical (unpaired) electrons. The number of carbonyl (C=O) groups is 2. The highest BCUT2D eigenvalue weighted by Crippen LogP contribution is 2.31. The van der Waals surface area contributed by atoms with Crippen molar-refractivity contribution in [1.29, 1.82) is 0 Å². The molecular formula is C23H29N3O4. The molecule has 7 heteroatoms. The van der Waals surface area contributed by atoms with Gasteiger partial charge in [0.15, 0.2) is 0 Å². The summed E-state index contributed by atoms with van der Waals surface area (Å²) in [6.45, 7) is 1.23. The van der Waals surface area contributed by atoms with Crippen molar-refractivity contribution in [3.05, 3.63) is 71.8 Å². The minimum Gasteiger partial charge on any atom is -0.468 e. The molecule has 1 aliphatic rings. The van der Waals surface area contributed by atoms with Crippen molar-refractivity contribution >= 4 is 12.1 Å². The summed E-state index contributed by atoms with van der Waals surface area (Å²) in [5.41, 5.74) is 7.24. The standard InChI is InChI=1S/C23H29N3O4/c1-30-21(27)20(16-24)25-12-13-26(22(28)29)23(17-25,14-18-8-4-2-5-9-18)15-19-10-6-3-7-11-19/h2-11,20H,12-17,24H2,1H3,(H,28,29). The number of ether oxygens (including phenoxy) is 1. The maximum atomic E-state index is 12.3. The highest BCUT2D eigenvalue weighted by Gasteiger charge is 2.46. The van der Waals surface area contributed by atoms with Crippen LogP contribution in [0, 0.1) is 0 Å². The van der Waals surface area contributed by atoms with E-state index in [2.05, 4.69) is 0 Å². The van der Waals surface area contributed by atoms with Crippen molar-refractivity contribution in [1.82, 2.24) is 9.80 Å². The maximum absolute atomic E-state index is 12.3. The monoisotopic (exact) mass is 411 g/mol. The van der Waals surface area contributed by atoms with E-state index in [4.69, 9.17) is 10.5 Å². The largest absolute Gasteiger partial charge is 0.468 e. The molecule has 1 amide bonds. The van der Waals surface area contributed by atoms with Crippen LogP contribution in [0.3, 0.4) is 0 Å². The molecule has 30 heavy (non-hydrogen) atoms. The molecule has 3 rings (SSSR count). The molecule has 160 valence electrons. The van der Waals surface area contributed by atoms with Crippen molar-refractivity contribution in [2.24, 2.45) is 5.73 Å². The Balaban J connectivity index is 2.02. The predicted octanol–water partition coefficient (Wildman–Crippen LogP) is 2.01. The Morgan fingerprint density at radius 1 is 1.03 bits per heavy atom. The normalized spacial score (nSPS) is 17.3. The molecule has 0 saturated carbocycles. The van der Waals surface area contributed by atoms with Crippen LogP contribution in [-0.4, -0.2) is 71.8 Å². The molecule has 0 aliphatic carbocycles. The SMILES string of the molecule is COC(=O)C(CN)N1CCN(C(=O)O)C(Cc2ccccc2)(Cc2ccccc2)C1. The summed E-state index contributed by atoms with van der Waals surface area (Å²) < 4.78 is 4.94. The van der Waals surface area contributed by atoms with Gasteiger partial charge >= 0.3 is 12.1 Å². The van der Waals surface area contributed by atoms with Crippen molar-refractivity contribution in [2.45, 2.75) is 24.4 Å². The third-order valence-corrected chi connectivity index (χ3v) is 5.80. The van der Waals surface area contributed by atoms with Gasteiger partial charge in [0.2, 0.25) is 0 Å². The third kappa shape index (κ3) is 4.80. The Morgan fingerprint density at radius 2 is 1.57 bits per heavy atom. The Hall–Kier alpha value is -2.90. The molecule has 3 N–H and O–H groups in total. The van der Waals surface area contributed by atoms with Crippen LogP contribution in [0.25, 0.3) is 0 Å². The second-order valence-corrected chi connectivity index (χ2v) is 7.73. The summed E-state index contributed by atoms with van der Waals surface area (Å²) >= 11 is 0. The molecule has 1 saturated heterocycles. The lowest BCUT2D eigenvalue weighted by Gasteiger charge is -2.51. The first-order chi connectivity index (χ1) is 14.5. The van der Waals surface area contributed by atoms with Crippen LogP contribution in [0.2, 0.25) is 0 Å². The highest BCUT2D eigenvalue weighted by atomic mass is 16.5. The van der Waals surface area contributed by atoms with E-state index in [-0.39, 0.29) is 6.54 Å². The van der Waals surface area contributed by atoms with Crippen molar-refractivity contribution < 1.29 is 19.4 Å². The van der Waals surface area contributed by atoms with Crippen LogP contribution >= 0.6 is 0 Å². The number of rotatable bonds is 7. The Bertz CT molecular complexity index is 803. The van der Waals surface area contributed by atoms with Gasteiger partial charge < -0.3 is 15.6 Å². The van der Waals surface area contributed by atoms with Gasteiger partial charge in [-0.15, -0.1) is 0 Å². The lowest BCUT2D eigenvalue weighted by Crippen LogP contribution is -2.68. The van der Waals surface area contributed by atoms with Gasteiger partial charge in [-0.2, -0.15) is 0 Å². The third-order valence-electron chi connectivity index (χ3n) is 5.80. The van der Waals surface area contributed by atoms with Gasteiger partial charge in [-0.05, 0) is 24.0 Å². The smallest absolute Gasteiger partial charge is 0.407 e. The molecule has 2 aromatic rings. The van der Waals surface area contributed by atoms with E-state index < -0.39 is 23.6 Å². The number of methoxy groups -OCH3 is 1. The lowest BCUT2D eigenvalue weighted by molar-refractivity contribution is -0.148. The van der Waals surface area contributed by atoms with Crippen LogP contribution in [0.4, 0.5) is 4.79 Å². The first kappa shape index (κ1) is 21.8. The average molecular weight is 412 g/mol. The van der Waals surface area contributed by atoms with Gasteiger partial charge in [-0.3, -0.25) is 14.6 Å². The van der Waals surface area contributed by atoms with E-state index in [1.54, 1.807) is 0 Å². The van der Waals surface area contributed by atoms with E-state index in [9.17, 15) is 14.7 Å². The number of nitrogens with two attached hydrogens (primary N) is 1. The molecule has 7 nitrogen and oxygen atoms in total. The Kier molecular flexibility index (Phi) is 7.07. The van der Waals surface area contributed by atoms with Crippen LogP contribution in [0.5, 0.6) is 0 Å². The molecule has 0 bridgehead atoms. The van der Waals surface area contributed by atoms with Gasteiger partial charge in [0, 0.05) is 26.2 Å². The van der Waals surface area contributed by atoms with Crippen molar-refractivity contribution in [3.63, 3.8) is 0 Å². The summed E-state index contributed by atoms with van der Waals surface area (Å²) in [4.78, 5) is 28.1. The fourth-order valence-corrected chi connectivity index (χ4v) is 4.42. The van der Waals surface area contributed by atoms with Crippen LogP contribution in [-0.2, 0) is 22.4 Å². The molecule has 1 unspecified atom stereocenters. The number of hydrogen-bond acceptors (Lipinski definition) is 5. The number of esters is 1. The van der Waals surface area contributed by atoms with Gasteiger partial charge in [0.05, 0.1) is 12.6 Å². The number of carboxylic acid groups (broad SMARTS) is 1. The molecule has 0 spiro atoms. The maximum Gasteiger partial charge on any atom is 0.407 e. The predicted molar refractivity (Wildman–Crippen MR) is 114 cm³/mol.